The zero-order valence-corrected chi connectivity index (χ0v) is 16.7. The van der Waals surface area contributed by atoms with E-state index in [0.29, 0.717) is 18.9 Å². The Hall–Kier alpha value is -3.80. The van der Waals surface area contributed by atoms with Gasteiger partial charge in [0.2, 0.25) is 0 Å². The Labute approximate surface area is 175 Å². The molecular weight excluding hydrogens is 378 g/mol. The van der Waals surface area contributed by atoms with Crippen LogP contribution < -0.4 is 14.8 Å². The summed E-state index contributed by atoms with van der Waals surface area (Å²) in [6, 6.07) is 25.1. The van der Waals surface area contributed by atoms with E-state index in [0.717, 1.165) is 28.2 Å². The quantitative estimate of drug-likeness (QED) is 0.487. The van der Waals surface area contributed by atoms with Crippen LogP contribution in [-0.2, 0) is 25.0 Å². The van der Waals surface area contributed by atoms with Gasteiger partial charge in [0.1, 0.15) is 23.9 Å². The number of carbonyl (C=O) groups excluding carboxylic acids is 1. The van der Waals surface area contributed by atoms with Gasteiger partial charge in [-0.1, -0.05) is 42.5 Å². The summed E-state index contributed by atoms with van der Waals surface area (Å²) in [5.74, 6) is 1.95. The minimum atomic E-state index is -0.202. The van der Waals surface area contributed by atoms with Crippen LogP contribution >= 0.6 is 0 Å². The van der Waals surface area contributed by atoms with Crippen LogP contribution in [0.4, 0.5) is 0 Å². The number of amides is 1. The van der Waals surface area contributed by atoms with Crippen LogP contribution in [0.15, 0.2) is 78.9 Å². The summed E-state index contributed by atoms with van der Waals surface area (Å²) in [5, 5.41) is 2.85. The number of benzene rings is 3. The minimum Gasteiger partial charge on any atom is -0.489 e. The summed E-state index contributed by atoms with van der Waals surface area (Å²) in [6.45, 7) is 0.791. The molecule has 0 saturated heterocycles. The van der Waals surface area contributed by atoms with Crippen molar-refractivity contribution in [2.75, 3.05) is 6.61 Å². The average Bonchev–Trinajstić information content (AvgIpc) is 3.12. The number of aromatic nitrogens is 2. The molecule has 0 spiro atoms. The fourth-order valence-electron chi connectivity index (χ4n) is 3.10. The van der Waals surface area contributed by atoms with Gasteiger partial charge in [0.05, 0.1) is 17.6 Å². The second kappa shape index (κ2) is 9.13. The third-order valence-electron chi connectivity index (χ3n) is 4.77. The summed E-state index contributed by atoms with van der Waals surface area (Å²) in [6.07, 6.45) is 0. The van der Waals surface area contributed by atoms with Crippen molar-refractivity contribution in [2.45, 2.75) is 13.2 Å². The molecule has 4 aromatic rings. The summed E-state index contributed by atoms with van der Waals surface area (Å²) in [4.78, 5) is 16.7. The zero-order chi connectivity index (χ0) is 20.8. The molecule has 0 fully saturated rings. The molecule has 0 aliphatic carbocycles. The zero-order valence-electron chi connectivity index (χ0n) is 16.7. The number of carbonyl (C=O) groups is 1. The second-order valence-electron chi connectivity index (χ2n) is 6.89. The molecule has 152 valence electrons. The van der Waals surface area contributed by atoms with Crippen LogP contribution in [0.3, 0.4) is 0 Å². The second-order valence-corrected chi connectivity index (χ2v) is 6.89. The topological polar surface area (TPSA) is 65.4 Å². The predicted octanol–water partition coefficient (Wildman–Crippen LogP) is 3.85. The van der Waals surface area contributed by atoms with Crippen molar-refractivity contribution in [3.05, 3.63) is 90.3 Å². The summed E-state index contributed by atoms with van der Waals surface area (Å²) >= 11 is 0. The van der Waals surface area contributed by atoms with Crippen LogP contribution in [0.5, 0.6) is 11.5 Å². The van der Waals surface area contributed by atoms with Crippen molar-refractivity contribution in [1.29, 1.82) is 0 Å². The molecule has 4 rings (SSSR count). The molecule has 0 saturated carbocycles. The highest BCUT2D eigenvalue weighted by Crippen LogP contribution is 2.19. The molecule has 1 heterocycles. The molecular formula is C24H23N3O3. The van der Waals surface area contributed by atoms with Crippen molar-refractivity contribution in [3.8, 4) is 11.5 Å². The first-order chi connectivity index (χ1) is 14.7. The maximum Gasteiger partial charge on any atom is 0.258 e. The minimum absolute atomic E-state index is 0.0613. The van der Waals surface area contributed by atoms with Gasteiger partial charge in [-0.15, -0.1) is 0 Å². The van der Waals surface area contributed by atoms with E-state index in [2.05, 4.69) is 10.3 Å². The first-order valence-corrected chi connectivity index (χ1v) is 9.75. The number of rotatable bonds is 8. The average molecular weight is 401 g/mol. The van der Waals surface area contributed by atoms with Crippen LogP contribution in [0.1, 0.15) is 11.4 Å². The van der Waals surface area contributed by atoms with Gasteiger partial charge in [-0.2, -0.15) is 0 Å². The number of nitrogens with zero attached hydrogens (tertiary/aromatic N) is 2. The van der Waals surface area contributed by atoms with Gasteiger partial charge >= 0.3 is 0 Å². The Morgan fingerprint density at radius 3 is 2.30 bits per heavy atom. The Balaban J connectivity index is 1.24. The third kappa shape index (κ3) is 4.78. The van der Waals surface area contributed by atoms with Crippen molar-refractivity contribution < 1.29 is 14.3 Å². The Morgan fingerprint density at radius 2 is 1.57 bits per heavy atom. The van der Waals surface area contributed by atoms with E-state index in [-0.39, 0.29) is 12.5 Å². The molecule has 0 unspecified atom stereocenters. The fraction of sp³-hybridized carbons (Fsp3) is 0.167. The van der Waals surface area contributed by atoms with Gasteiger partial charge < -0.3 is 19.4 Å². The molecule has 30 heavy (non-hydrogen) atoms. The maximum atomic E-state index is 12.1. The van der Waals surface area contributed by atoms with Crippen molar-refractivity contribution >= 4 is 16.9 Å². The highest BCUT2D eigenvalue weighted by molar-refractivity contribution is 5.78. The van der Waals surface area contributed by atoms with E-state index in [4.69, 9.17) is 9.47 Å². The smallest absolute Gasteiger partial charge is 0.258 e. The number of imidazole rings is 1. The first-order valence-electron chi connectivity index (χ1n) is 9.75. The molecule has 1 N–H and O–H groups in total. The predicted molar refractivity (Wildman–Crippen MR) is 115 cm³/mol. The van der Waals surface area contributed by atoms with Crippen molar-refractivity contribution in [2.24, 2.45) is 7.05 Å². The molecule has 0 aliphatic heterocycles. The highest BCUT2D eigenvalue weighted by atomic mass is 16.5. The Bertz CT molecular complexity index is 1120. The van der Waals surface area contributed by atoms with E-state index in [1.54, 1.807) is 12.1 Å². The number of ether oxygens (including phenoxy) is 2. The number of para-hydroxylation sites is 2. The highest BCUT2D eigenvalue weighted by Gasteiger charge is 2.09. The van der Waals surface area contributed by atoms with Gasteiger partial charge in [-0.05, 0) is 42.0 Å². The van der Waals surface area contributed by atoms with E-state index in [1.807, 2.05) is 78.3 Å². The lowest BCUT2D eigenvalue weighted by atomic mass is 10.2. The monoisotopic (exact) mass is 401 g/mol. The van der Waals surface area contributed by atoms with Gasteiger partial charge in [-0.3, -0.25) is 4.79 Å². The molecule has 6 nitrogen and oxygen atoms in total. The SMILES string of the molecule is Cn1c(CNC(=O)COc2ccc(OCc3ccccc3)cc2)nc2ccccc21. The normalized spacial score (nSPS) is 10.7. The Morgan fingerprint density at radius 1 is 0.900 bits per heavy atom. The number of hydrogen-bond acceptors (Lipinski definition) is 4. The number of nitrogens with one attached hydrogen (secondary N) is 1. The summed E-state index contributed by atoms with van der Waals surface area (Å²) in [7, 11) is 1.94. The lowest BCUT2D eigenvalue weighted by Crippen LogP contribution is -2.29. The number of aryl methyl sites for hydroxylation is 1. The maximum absolute atomic E-state index is 12.1. The van der Waals surface area contributed by atoms with Crippen LogP contribution in [-0.4, -0.2) is 22.1 Å². The molecule has 0 bridgehead atoms. The van der Waals surface area contributed by atoms with Crippen LogP contribution in [0.25, 0.3) is 11.0 Å². The van der Waals surface area contributed by atoms with Gasteiger partial charge in [0.25, 0.3) is 5.91 Å². The molecule has 1 aromatic heterocycles. The van der Waals surface area contributed by atoms with E-state index < -0.39 is 0 Å². The third-order valence-corrected chi connectivity index (χ3v) is 4.77. The van der Waals surface area contributed by atoms with E-state index in [9.17, 15) is 4.79 Å². The van der Waals surface area contributed by atoms with Gasteiger partial charge in [0, 0.05) is 7.05 Å². The fourth-order valence-corrected chi connectivity index (χ4v) is 3.10. The summed E-state index contributed by atoms with van der Waals surface area (Å²) < 4.78 is 13.3. The molecule has 0 radical (unpaired) electrons. The molecule has 1 amide bonds. The van der Waals surface area contributed by atoms with Crippen LogP contribution in [0.2, 0.25) is 0 Å². The van der Waals surface area contributed by atoms with Gasteiger partial charge in [-0.25, -0.2) is 4.98 Å². The van der Waals surface area contributed by atoms with E-state index >= 15 is 0 Å². The molecule has 3 aromatic carbocycles. The first kappa shape index (κ1) is 19.5. The number of fused-ring (bicyclic) bond motifs is 1. The number of hydrogen-bond donors (Lipinski definition) is 1. The molecule has 6 heteroatoms. The van der Waals surface area contributed by atoms with Crippen LogP contribution in [0, 0.1) is 0 Å². The molecule has 0 atom stereocenters. The van der Waals surface area contributed by atoms with E-state index in [1.165, 1.54) is 0 Å². The lowest BCUT2D eigenvalue weighted by molar-refractivity contribution is -0.123. The van der Waals surface area contributed by atoms with Crippen molar-refractivity contribution in [3.63, 3.8) is 0 Å². The largest absolute Gasteiger partial charge is 0.489 e. The lowest BCUT2D eigenvalue weighted by Gasteiger charge is -2.09. The standard InChI is InChI=1S/C24H23N3O3/c1-27-22-10-6-5-9-21(22)26-23(27)15-25-24(28)17-30-20-13-11-19(12-14-20)29-16-18-7-3-2-4-8-18/h2-14H,15-17H2,1H3,(H,25,28). The van der Waals surface area contributed by atoms with Crippen molar-refractivity contribution in [1.82, 2.24) is 14.9 Å². The molecule has 0 aliphatic rings. The summed E-state index contributed by atoms with van der Waals surface area (Å²) in [5.41, 5.74) is 3.05. The Kier molecular flexibility index (Phi) is 5.94. The van der Waals surface area contributed by atoms with Gasteiger partial charge in [0.15, 0.2) is 6.61 Å².